The average Bonchev–Trinajstić information content (AvgIpc) is 3.19. The van der Waals surface area contributed by atoms with Crippen LogP contribution in [0.4, 0.5) is 0 Å². The number of fused-ring (bicyclic) bond motifs is 4. The quantitative estimate of drug-likeness (QED) is 0.535. The number of benzene rings is 2. The van der Waals surface area contributed by atoms with Crippen molar-refractivity contribution in [2.24, 2.45) is 0 Å². The lowest BCUT2D eigenvalue weighted by Gasteiger charge is -2.47. The Kier molecular flexibility index (Phi) is 5.73. The van der Waals surface area contributed by atoms with Crippen LogP contribution in [0.3, 0.4) is 0 Å². The number of para-hydroxylation sites is 1. The molecule has 3 heterocycles. The molecule has 33 heavy (non-hydrogen) atoms. The molecule has 2 aromatic carbocycles. The summed E-state index contributed by atoms with van der Waals surface area (Å²) in [6, 6.07) is 16.1. The molecular formula is C28H33N3O2. The molecule has 0 aliphatic carbocycles. The summed E-state index contributed by atoms with van der Waals surface area (Å²) >= 11 is 0. The maximum Gasteiger partial charge on any atom is 0.246 e. The molecule has 2 amide bonds. The Hall–Kier alpha value is -3.08. The topological polar surface area (TPSA) is 56.4 Å². The summed E-state index contributed by atoms with van der Waals surface area (Å²) in [7, 11) is 0. The fourth-order valence-corrected chi connectivity index (χ4v) is 5.47. The van der Waals surface area contributed by atoms with Crippen molar-refractivity contribution in [1.29, 1.82) is 0 Å². The molecule has 3 aromatic rings. The van der Waals surface area contributed by atoms with E-state index in [4.69, 9.17) is 0 Å². The number of unbranched alkanes of at least 4 members (excludes halogenated alkanes) is 2. The van der Waals surface area contributed by atoms with Gasteiger partial charge in [-0.2, -0.15) is 0 Å². The summed E-state index contributed by atoms with van der Waals surface area (Å²) in [5, 5.41) is 1.15. The molecule has 1 N–H and O–H groups in total. The summed E-state index contributed by atoms with van der Waals surface area (Å²) < 4.78 is 0. The number of carbonyl (C=O) groups is 2. The van der Waals surface area contributed by atoms with Crippen molar-refractivity contribution in [2.45, 2.75) is 64.5 Å². The minimum Gasteiger partial charge on any atom is -0.356 e. The first-order valence-electron chi connectivity index (χ1n) is 12.3. The molecule has 2 aliphatic heterocycles. The SMILES string of the molecule is CCCCCN1CC(=O)N2[C@H](c3ccc(C(C)C)cc3)c3[nH]c4ccccc4c3C[C@H]2C1=O. The Morgan fingerprint density at radius 2 is 1.79 bits per heavy atom. The van der Waals surface area contributed by atoms with Gasteiger partial charge >= 0.3 is 0 Å². The molecule has 0 saturated carbocycles. The van der Waals surface area contributed by atoms with Crippen molar-refractivity contribution in [1.82, 2.24) is 14.8 Å². The van der Waals surface area contributed by atoms with Gasteiger partial charge in [0, 0.05) is 29.6 Å². The van der Waals surface area contributed by atoms with Crippen LogP contribution < -0.4 is 0 Å². The lowest BCUT2D eigenvalue weighted by Crippen LogP contribution is -2.63. The van der Waals surface area contributed by atoms with Crippen molar-refractivity contribution in [3.8, 4) is 0 Å². The number of nitrogens with one attached hydrogen (secondary N) is 1. The first-order valence-corrected chi connectivity index (χ1v) is 12.3. The summed E-state index contributed by atoms with van der Waals surface area (Å²) in [4.78, 5) is 34.4. The van der Waals surface area contributed by atoms with E-state index in [2.05, 4.69) is 62.2 Å². The van der Waals surface area contributed by atoms with E-state index >= 15 is 0 Å². The van der Waals surface area contributed by atoms with Gasteiger partial charge in [-0.15, -0.1) is 0 Å². The maximum atomic E-state index is 13.6. The van der Waals surface area contributed by atoms with Gasteiger partial charge in [-0.1, -0.05) is 76.1 Å². The van der Waals surface area contributed by atoms with Crippen molar-refractivity contribution < 1.29 is 9.59 Å². The molecule has 0 bridgehead atoms. The molecule has 5 nitrogen and oxygen atoms in total. The number of H-pyrrole nitrogens is 1. The molecule has 2 atom stereocenters. The summed E-state index contributed by atoms with van der Waals surface area (Å²) in [6.45, 7) is 7.36. The third-order valence-corrected chi connectivity index (χ3v) is 7.29. The van der Waals surface area contributed by atoms with Crippen LogP contribution in [0, 0.1) is 0 Å². The van der Waals surface area contributed by atoms with Gasteiger partial charge < -0.3 is 14.8 Å². The molecule has 1 fully saturated rings. The van der Waals surface area contributed by atoms with E-state index in [1.54, 1.807) is 4.90 Å². The smallest absolute Gasteiger partial charge is 0.246 e. The van der Waals surface area contributed by atoms with E-state index in [-0.39, 0.29) is 24.4 Å². The van der Waals surface area contributed by atoms with Crippen LogP contribution >= 0.6 is 0 Å². The summed E-state index contributed by atoms with van der Waals surface area (Å²) in [5.74, 6) is 0.570. The number of piperazine rings is 1. The van der Waals surface area contributed by atoms with Crippen molar-refractivity contribution >= 4 is 22.7 Å². The Morgan fingerprint density at radius 1 is 1.03 bits per heavy atom. The lowest BCUT2D eigenvalue weighted by molar-refractivity contribution is -0.158. The Balaban J connectivity index is 1.60. The van der Waals surface area contributed by atoms with Crippen molar-refractivity contribution in [3.05, 3.63) is 70.9 Å². The minimum absolute atomic E-state index is 0.0401. The van der Waals surface area contributed by atoms with E-state index < -0.39 is 6.04 Å². The first-order chi connectivity index (χ1) is 16.0. The van der Waals surface area contributed by atoms with Gasteiger partial charge in [0.1, 0.15) is 6.04 Å². The zero-order valence-corrected chi connectivity index (χ0v) is 19.8. The molecular weight excluding hydrogens is 410 g/mol. The van der Waals surface area contributed by atoms with Gasteiger partial charge in [0.05, 0.1) is 12.6 Å². The predicted molar refractivity (Wildman–Crippen MR) is 131 cm³/mol. The molecule has 1 aromatic heterocycles. The standard InChI is InChI=1S/C28H33N3O2/c1-4-5-8-15-30-17-25(32)31-24(28(30)33)16-22-21-9-6-7-10-23(21)29-26(22)27(31)20-13-11-19(12-14-20)18(2)3/h6-7,9-14,18,24,27,29H,4-5,8,15-17H2,1-3H3/t24-,27+/m0/s1. The fourth-order valence-electron chi connectivity index (χ4n) is 5.47. The molecule has 2 aliphatic rings. The van der Waals surface area contributed by atoms with Gasteiger partial charge in [0.15, 0.2) is 0 Å². The van der Waals surface area contributed by atoms with E-state index in [0.717, 1.165) is 41.4 Å². The molecule has 5 heteroatoms. The second kappa shape index (κ2) is 8.69. The van der Waals surface area contributed by atoms with Crippen molar-refractivity contribution in [2.75, 3.05) is 13.1 Å². The second-order valence-electron chi connectivity index (χ2n) is 9.77. The monoisotopic (exact) mass is 443 g/mol. The van der Waals surface area contributed by atoms with Gasteiger partial charge in [0.25, 0.3) is 0 Å². The van der Waals surface area contributed by atoms with Crippen LogP contribution in [-0.4, -0.2) is 45.7 Å². The van der Waals surface area contributed by atoms with Crippen LogP contribution in [0.2, 0.25) is 0 Å². The Labute approximate surface area is 195 Å². The van der Waals surface area contributed by atoms with E-state index in [1.165, 1.54) is 11.1 Å². The minimum atomic E-state index is -0.450. The van der Waals surface area contributed by atoms with E-state index in [9.17, 15) is 9.59 Å². The normalized spacial score (nSPS) is 20.5. The molecule has 0 radical (unpaired) electrons. The van der Waals surface area contributed by atoms with Crippen LogP contribution in [0.1, 0.15) is 74.4 Å². The predicted octanol–water partition coefficient (Wildman–Crippen LogP) is 5.17. The van der Waals surface area contributed by atoms with Gasteiger partial charge in [0.2, 0.25) is 11.8 Å². The zero-order chi connectivity index (χ0) is 23.1. The lowest BCUT2D eigenvalue weighted by atomic mass is 9.85. The van der Waals surface area contributed by atoms with Crippen LogP contribution in [0.5, 0.6) is 0 Å². The summed E-state index contributed by atoms with van der Waals surface area (Å²) in [6.07, 6.45) is 3.68. The third-order valence-electron chi connectivity index (χ3n) is 7.29. The van der Waals surface area contributed by atoms with Crippen LogP contribution in [0.15, 0.2) is 48.5 Å². The highest BCUT2D eigenvalue weighted by Crippen LogP contribution is 2.42. The van der Waals surface area contributed by atoms with Gasteiger partial charge in [-0.25, -0.2) is 0 Å². The average molecular weight is 444 g/mol. The Morgan fingerprint density at radius 3 is 2.52 bits per heavy atom. The Bertz CT molecular complexity index is 1180. The molecule has 0 unspecified atom stereocenters. The highest BCUT2D eigenvalue weighted by Gasteiger charge is 2.48. The van der Waals surface area contributed by atoms with Crippen molar-refractivity contribution in [3.63, 3.8) is 0 Å². The van der Waals surface area contributed by atoms with Crippen LogP contribution in [0.25, 0.3) is 10.9 Å². The van der Waals surface area contributed by atoms with E-state index in [1.807, 2.05) is 17.0 Å². The number of rotatable bonds is 6. The zero-order valence-electron chi connectivity index (χ0n) is 19.8. The molecule has 1 saturated heterocycles. The number of amides is 2. The molecule has 172 valence electrons. The van der Waals surface area contributed by atoms with Crippen LogP contribution in [-0.2, 0) is 16.0 Å². The van der Waals surface area contributed by atoms with Gasteiger partial charge in [-0.3, -0.25) is 9.59 Å². The molecule has 5 rings (SSSR count). The highest BCUT2D eigenvalue weighted by molar-refractivity contribution is 5.97. The number of hydrogen-bond donors (Lipinski definition) is 1. The second-order valence-corrected chi connectivity index (χ2v) is 9.77. The molecule has 0 spiro atoms. The number of hydrogen-bond acceptors (Lipinski definition) is 2. The first kappa shape index (κ1) is 21.7. The number of nitrogens with zero attached hydrogens (tertiary/aromatic N) is 2. The number of aromatic nitrogens is 1. The number of carbonyl (C=O) groups excluding carboxylic acids is 2. The summed E-state index contributed by atoms with van der Waals surface area (Å²) in [5.41, 5.74) is 5.60. The largest absolute Gasteiger partial charge is 0.356 e. The highest BCUT2D eigenvalue weighted by atomic mass is 16.2. The maximum absolute atomic E-state index is 13.6. The third kappa shape index (κ3) is 3.73. The fraction of sp³-hybridized carbons (Fsp3) is 0.429. The number of aromatic amines is 1. The van der Waals surface area contributed by atoms with Gasteiger partial charge in [-0.05, 0) is 35.1 Å². The van der Waals surface area contributed by atoms with E-state index in [0.29, 0.717) is 18.9 Å².